The summed E-state index contributed by atoms with van der Waals surface area (Å²) >= 11 is 0. The minimum atomic E-state index is 0.120. The van der Waals surface area contributed by atoms with E-state index in [1.54, 1.807) is 0 Å². The van der Waals surface area contributed by atoms with Crippen LogP contribution in [0.25, 0.3) is 0 Å². The van der Waals surface area contributed by atoms with Gasteiger partial charge in [-0.1, -0.05) is 36.4 Å². The predicted molar refractivity (Wildman–Crippen MR) is 137 cm³/mol. The zero-order chi connectivity index (χ0) is 23.7. The molecule has 1 aliphatic heterocycles. The van der Waals surface area contributed by atoms with Crippen molar-refractivity contribution in [2.75, 3.05) is 13.2 Å². The van der Waals surface area contributed by atoms with E-state index in [9.17, 15) is 4.79 Å². The first kappa shape index (κ1) is 22.0. The van der Waals surface area contributed by atoms with E-state index < -0.39 is 0 Å². The summed E-state index contributed by atoms with van der Waals surface area (Å²) in [6.45, 7) is 1.40. The first-order chi connectivity index (χ1) is 17.2. The number of aromatic nitrogens is 1. The lowest BCUT2D eigenvalue weighted by molar-refractivity contribution is 0.0972. The van der Waals surface area contributed by atoms with Gasteiger partial charge < -0.3 is 9.64 Å². The molecule has 0 N–H and O–H groups in total. The van der Waals surface area contributed by atoms with Crippen LogP contribution in [0.4, 0.5) is 0 Å². The van der Waals surface area contributed by atoms with E-state index in [2.05, 4.69) is 46.3 Å². The molecule has 0 spiro atoms. The van der Waals surface area contributed by atoms with Crippen molar-refractivity contribution in [3.05, 3.63) is 94.8 Å². The molecule has 3 aromatic rings. The second-order valence-corrected chi connectivity index (χ2v) is 9.96. The molecule has 0 bridgehead atoms. The van der Waals surface area contributed by atoms with Gasteiger partial charge in [-0.25, -0.2) is 0 Å². The van der Waals surface area contributed by atoms with Crippen LogP contribution in [0.15, 0.2) is 71.9 Å². The van der Waals surface area contributed by atoms with Crippen LogP contribution in [0, 0.1) is 0 Å². The molecule has 3 aliphatic rings. The van der Waals surface area contributed by atoms with Gasteiger partial charge in [0.2, 0.25) is 0 Å². The summed E-state index contributed by atoms with van der Waals surface area (Å²) in [5.41, 5.74) is 5.79. The highest BCUT2D eigenvalue weighted by molar-refractivity contribution is 5.99. The van der Waals surface area contributed by atoms with Gasteiger partial charge in [0.1, 0.15) is 12.4 Å². The van der Waals surface area contributed by atoms with Crippen LogP contribution in [-0.2, 0) is 25.7 Å². The van der Waals surface area contributed by atoms with Crippen molar-refractivity contribution in [2.24, 2.45) is 4.99 Å². The molecule has 178 valence electrons. The van der Waals surface area contributed by atoms with Crippen LogP contribution in [0.5, 0.6) is 5.75 Å². The first-order valence-corrected chi connectivity index (χ1v) is 12.8. The Kier molecular flexibility index (Phi) is 5.85. The van der Waals surface area contributed by atoms with E-state index in [-0.39, 0.29) is 11.3 Å². The molecule has 35 heavy (non-hydrogen) atoms. The smallest absolute Gasteiger partial charge is 0.163 e. The maximum Gasteiger partial charge on any atom is 0.163 e. The number of ether oxygens (including phenoxy) is 1. The molecule has 2 aromatic carbocycles. The fraction of sp³-hybridized carbons (Fsp3) is 0.367. The molecule has 1 fully saturated rings. The number of aryl methyl sites for hydroxylation is 1. The highest BCUT2D eigenvalue weighted by Crippen LogP contribution is 2.49. The van der Waals surface area contributed by atoms with E-state index in [1.807, 2.05) is 36.8 Å². The SMILES string of the molecule is O=C1CCCc2c1ccc(OCCN1C=NC3CC31Cc1ccccc1)c2CCc1ccccn1. The third kappa shape index (κ3) is 4.36. The standard InChI is InChI=1S/C30H31N3O2/c34-27-11-6-10-24-25(27)14-15-28(26(24)13-12-23-9-4-5-16-31-23)35-18-17-33-21-32-29-20-30(29,33)19-22-7-2-1-3-8-22/h1-5,7-9,14-16,21,29H,6,10-13,17-20H2. The van der Waals surface area contributed by atoms with Gasteiger partial charge in [-0.15, -0.1) is 0 Å². The van der Waals surface area contributed by atoms with E-state index in [0.29, 0.717) is 19.1 Å². The summed E-state index contributed by atoms with van der Waals surface area (Å²) in [7, 11) is 0. The molecule has 1 saturated carbocycles. The van der Waals surface area contributed by atoms with Gasteiger partial charge in [0.15, 0.2) is 5.78 Å². The fourth-order valence-corrected chi connectivity index (χ4v) is 5.81. The highest BCUT2D eigenvalue weighted by Gasteiger charge is 2.60. The topological polar surface area (TPSA) is 54.8 Å². The third-order valence-corrected chi connectivity index (χ3v) is 7.78. The first-order valence-electron chi connectivity index (χ1n) is 12.8. The monoisotopic (exact) mass is 465 g/mol. The van der Waals surface area contributed by atoms with Crippen molar-refractivity contribution in [2.45, 2.75) is 56.5 Å². The number of aliphatic imine (C=N–C) groups is 1. The Morgan fingerprint density at radius 3 is 2.71 bits per heavy atom. The largest absolute Gasteiger partial charge is 0.491 e. The summed E-state index contributed by atoms with van der Waals surface area (Å²) in [6.07, 6.45) is 10.2. The summed E-state index contributed by atoms with van der Waals surface area (Å²) < 4.78 is 6.42. The molecule has 2 unspecified atom stereocenters. The van der Waals surface area contributed by atoms with Gasteiger partial charge in [0, 0.05) is 23.9 Å². The van der Waals surface area contributed by atoms with E-state index >= 15 is 0 Å². The van der Waals surface area contributed by atoms with Gasteiger partial charge in [0.25, 0.3) is 0 Å². The molecular weight excluding hydrogens is 434 g/mol. The molecule has 0 radical (unpaired) electrons. The zero-order valence-corrected chi connectivity index (χ0v) is 20.0. The van der Waals surface area contributed by atoms with Crippen molar-refractivity contribution in [1.29, 1.82) is 0 Å². The lowest BCUT2D eigenvalue weighted by Crippen LogP contribution is -2.40. The maximum atomic E-state index is 12.6. The Balaban J connectivity index is 1.16. The number of fused-ring (bicyclic) bond motifs is 2. The molecule has 1 aromatic heterocycles. The average Bonchev–Trinajstić information content (AvgIpc) is 3.49. The Hall–Kier alpha value is -3.47. The number of hydrogen-bond acceptors (Lipinski definition) is 5. The Morgan fingerprint density at radius 1 is 1.00 bits per heavy atom. The van der Waals surface area contributed by atoms with E-state index in [4.69, 9.17) is 9.73 Å². The lowest BCUT2D eigenvalue weighted by atomic mass is 9.85. The van der Waals surface area contributed by atoms with Crippen molar-refractivity contribution in [3.63, 3.8) is 0 Å². The number of hydrogen-bond donors (Lipinski definition) is 0. The molecule has 0 saturated heterocycles. The number of pyridine rings is 1. The van der Waals surface area contributed by atoms with Gasteiger partial charge in [-0.05, 0) is 79.5 Å². The van der Waals surface area contributed by atoms with Crippen molar-refractivity contribution >= 4 is 12.1 Å². The predicted octanol–water partition coefficient (Wildman–Crippen LogP) is 4.86. The number of carbonyl (C=O) groups excluding carboxylic acids is 1. The van der Waals surface area contributed by atoms with Crippen LogP contribution < -0.4 is 4.74 Å². The number of carbonyl (C=O) groups is 1. The van der Waals surface area contributed by atoms with Gasteiger partial charge in [-0.2, -0.15) is 0 Å². The minimum Gasteiger partial charge on any atom is -0.491 e. The van der Waals surface area contributed by atoms with Gasteiger partial charge >= 0.3 is 0 Å². The quantitative estimate of drug-likeness (QED) is 0.453. The Bertz CT molecular complexity index is 1240. The summed E-state index contributed by atoms with van der Waals surface area (Å²) in [5, 5.41) is 0. The number of nitrogens with zero attached hydrogens (tertiary/aromatic N) is 3. The molecule has 2 heterocycles. The maximum absolute atomic E-state index is 12.6. The number of rotatable bonds is 9. The highest BCUT2D eigenvalue weighted by atomic mass is 16.5. The lowest BCUT2D eigenvalue weighted by Gasteiger charge is -2.28. The average molecular weight is 466 g/mol. The summed E-state index contributed by atoms with van der Waals surface area (Å²) in [4.78, 5) is 24.2. The molecule has 5 heteroatoms. The number of benzene rings is 2. The zero-order valence-electron chi connectivity index (χ0n) is 20.0. The van der Waals surface area contributed by atoms with E-state index in [0.717, 1.165) is 62.1 Å². The normalized spacial score (nSPS) is 22.1. The summed E-state index contributed by atoms with van der Waals surface area (Å²) in [5.74, 6) is 1.17. The van der Waals surface area contributed by atoms with Crippen LogP contribution >= 0.6 is 0 Å². The molecule has 2 aliphatic carbocycles. The van der Waals surface area contributed by atoms with Crippen molar-refractivity contribution < 1.29 is 9.53 Å². The summed E-state index contributed by atoms with van der Waals surface area (Å²) in [6, 6.07) is 21.1. The van der Waals surface area contributed by atoms with Crippen LogP contribution in [0.1, 0.15) is 52.0 Å². The van der Waals surface area contributed by atoms with E-state index in [1.165, 1.54) is 16.7 Å². The van der Waals surface area contributed by atoms with Gasteiger partial charge in [0.05, 0.1) is 24.5 Å². The molecule has 2 atom stereocenters. The third-order valence-electron chi connectivity index (χ3n) is 7.78. The fourth-order valence-electron chi connectivity index (χ4n) is 5.81. The molecular formula is C30H31N3O2. The molecule has 5 nitrogen and oxygen atoms in total. The molecule has 0 amide bonds. The molecule has 6 rings (SSSR count). The van der Waals surface area contributed by atoms with Crippen LogP contribution in [0.3, 0.4) is 0 Å². The van der Waals surface area contributed by atoms with Crippen molar-refractivity contribution in [3.8, 4) is 5.75 Å². The second-order valence-electron chi connectivity index (χ2n) is 9.96. The minimum absolute atomic E-state index is 0.120. The number of Topliss-reactive ketones (excluding diaryl/α,β-unsaturated/α-hetero) is 1. The Labute approximate surface area is 206 Å². The van der Waals surface area contributed by atoms with Crippen LogP contribution in [0.2, 0.25) is 0 Å². The second kappa shape index (κ2) is 9.29. The van der Waals surface area contributed by atoms with Gasteiger partial charge in [-0.3, -0.25) is 14.8 Å². The van der Waals surface area contributed by atoms with Crippen molar-refractivity contribution in [1.82, 2.24) is 9.88 Å². The Morgan fingerprint density at radius 2 is 1.89 bits per heavy atom. The number of ketones is 1. The van der Waals surface area contributed by atoms with Crippen LogP contribution in [-0.4, -0.2) is 46.7 Å².